The van der Waals surface area contributed by atoms with Crippen molar-refractivity contribution in [3.8, 4) is 0 Å². The molecule has 0 bridgehead atoms. The zero-order valence-electron chi connectivity index (χ0n) is 8.60. The van der Waals surface area contributed by atoms with Gasteiger partial charge in [-0.1, -0.05) is 6.07 Å². The van der Waals surface area contributed by atoms with Crippen LogP contribution >= 0.6 is 0 Å². The van der Waals surface area contributed by atoms with E-state index in [-0.39, 0.29) is 0 Å². The van der Waals surface area contributed by atoms with Gasteiger partial charge in [0.05, 0.1) is 5.37 Å². The number of benzene rings is 1. The van der Waals surface area contributed by atoms with Gasteiger partial charge in [0.25, 0.3) is 0 Å². The summed E-state index contributed by atoms with van der Waals surface area (Å²) >= 11 is 0. The van der Waals surface area contributed by atoms with Gasteiger partial charge in [-0.25, -0.2) is 0 Å². The molecule has 2 rings (SSSR count). The van der Waals surface area contributed by atoms with E-state index < -0.39 is 10.3 Å². The first kappa shape index (κ1) is 10.9. The Morgan fingerprint density at radius 1 is 1.38 bits per heavy atom. The van der Waals surface area contributed by atoms with E-state index >= 15 is 0 Å². The molecule has 2 aromatic rings. The van der Waals surface area contributed by atoms with Crippen LogP contribution in [0.1, 0.15) is 11.1 Å². The number of H-pyrrole nitrogens is 1. The van der Waals surface area contributed by atoms with Crippen molar-refractivity contribution in [3.05, 3.63) is 35.5 Å². The first-order chi connectivity index (χ1) is 7.70. The van der Waals surface area contributed by atoms with E-state index in [4.69, 9.17) is 5.73 Å². The van der Waals surface area contributed by atoms with Gasteiger partial charge in [-0.15, -0.1) is 0 Å². The summed E-state index contributed by atoms with van der Waals surface area (Å²) in [6, 6.07) is 5.49. The van der Waals surface area contributed by atoms with Crippen molar-refractivity contribution >= 4 is 26.6 Å². The quantitative estimate of drug-likeness (QED) is 0.770. The molecular weight excluding hydrogens is 224 g/mol. The standard InChI is InChI=1S/C11H12N2O2S/c12-4-3-9-6-13-11-2-1-8(5-10(9)11)7-16(14)15/h1-2,5-7,13H,3-4,12H2. The second-order valence-electron chi connectivity index (χ2n) is 3.54. The van der Waals surface area contributed by atoms with Crippen LogP contribution < -0.4 is 5.73 Å². The molecule has 0 aliphatic rings. The molecule has 0 aliphatic heterocycles. The van der Waals surface area contributed by atoms with E-state index in [1.54, 1.807) is 6.07 Å². The third-order valence-corrected chi connectivity index (χ3v) is 2.90. The molecule has 0 unspecified atom stereocenters. The molecule has 1 heterocycles. The number of fused-ring (bicyclic) bond motifs is 1. The van der Waals surface area contributed by atoms with Crippen LogP contribution in [0.5, 0.6) is 0 Å². The fourth-order valence-electron chi connectivity index (χ4n) is 1.74. The van der Waals surface area contributed by atoms with Crippen LogP contribution in [-0.4, -0.2) is 25.3 Å². The molecule has 0 amide bonds. The highest BCUT2D eigenvalue weighted by molar-refractivity contribution is 7.71. The second-order valence-corrected chi connectivity index (χ2v) is 4.29. The van der Waals surface area contributed by atoms with Crippen LogP contribution in [-0.2, 0) is 16.7 Å². The van der Waals surface area contributed by atoms with Crippen LogP contribution in [0, 0.1) is 0 Å². The zero-order chi connectivity index (χ0) is 11.5. The maximum atomic E-state index is 10.6. The summed E-state index contributed by atoms with van der Waals surface area (Å²) in [5.41, 5.74) is 8.30. The van der Waals surface area contributed by atoms with Crippen molar-refractivity contribution in [3.63, 3.8) is 0 Å². The predicted molar refractivity (Wildman–Crippen MR) is 65.1 cm³/mol. The maximum Gasteiger partial charge on any atom is 0.214 e. The summed E-state index contributed by atoms with van der Waals surface area (Å²) < 4.78 is 21.1. The van der Waals surface area contributed by atoms with Gasteiger partial charge in [-0.2, -0.15) is 8.42 Å². The Bertz CT molecular complexity index is 633. The summed E-state index contributed by atoms with van der Waals surface area (Å²) in [6.07, 6.45) is 2.69. The van der Waals surface area contributed by atoms with E-state index in [0.29, 0.717) is 12.1 Å². The van der Waals surface area contributed by atoms with Gasteiger partial charge in [0.2, 0.25) is 10.3 Å². The van der Waals surface area contributed by atoms with Crippen LogP contribution in [0.2, 0.25) is 0 Å². The van der Waals surface area contributed by atoms with E-state index in [0.717, 1.165) is 22.9 Å². The maximum absolute atomic E-state index is 10.6. The van der Waals surface area contributed by atoms with Gasteiger partial charge in [0.1, 0.15) is 0 Å². The lowest BCUT2D eigenvalue weighted by Gasteiger charge is -1.97. The van der Waals surface area contributed by atoms with Crippen LogP contribution in [0.3, 0.4) is 0 Å². The molecule has 5 heteroatoms. The summed E-state index contributed by atoms with van der Waals surface area (Å²) in [5.74, 6) is 0. The van der Waals surface area contributed by atoms with Gasteiger partial charge in [0.15, 0.2) is 0 Å². The summed E-state index contributed by atoms with van der Waals surface area (Å²) in [5, 5.41) is 2.23. The summed E-state index contributed by atoms with van der Waals surface area (Å²) in [6.45, 7) is 0.578. The Morgan fingerprint density at radius 3 is 2.88 bits per heavy atom. The minimum absolute atomic E-state index is 0.578. The topological polar surface area (TPSA) is 76.0 Å². The molecule has 1 aromatic carbocycles. The molecule has 0 aliphatic carbocycles. The fraction of sp³-hybridized carbons (Fsp3) is 0.182. The van der Waals surface area contributed by atoms with Crippen molar-refractivity contribution in [1.82, 2.24) is 4.98 Å². The largest absolute Gasteiger partial charge is 0.361 e. The highest BCUT2D eigenvalue weighted by Crippen LogP contribution is 2.19. The molecule has 0 saturated carbocycles. The van der Waals surface area contributed by atoms with E-state index in [1.165, 1.54) is 5.37 Å². The SMILES string of the molecule is NCCc1c[nH]c2ccc(C=S(=O)=O)cc12. The van der Waals surface area contributed by atoms with Crippen LogP contribution in [0.4, 0.5) is 0 Å². The van der Waals surface area contributed by atoms with Crippen molar-refractivity contribution in [2.75, 3.05) is 6.54 Å². The Kier molecular flexibility index (Phi) is 3.07. The van der Waals surface area contributed by atoms with Gasteiger partial charge >= 0.3 is 0 Å². The number of nitrogens with one attached hydrogen (secondary N) is 1. The number of rotatable bonds is 3. The Hall–Kier alpha value is -1.59. The van der Waals surface area contributed by atoms with E-state index in [1.807, 2.05) is 18.3 Å². The lowest BCUT2D eigenvalue weighted by atomic mass is 10.1. The fourth-order valence-corrected chi connectivity index (χ4v) is 2.11. The minimum Gasteiger partial charge on any atom is -0.361 e. The Morgan fingerprint density at radius 2 is 2.19 bits per heavy atom. The highest BCUT2D eigenvalue weighted by atomic mass is 32.2. The molecule has 0 radical (unpaired) electrons. The highest BCUT2D eigenvalue weighted by Gasteiger charge is 2.03. The molecule has 0 atom stereocenters. The van der Waals surface area contributed by atoms with Crippen molar-refractivity contribution < 1.29 is 8.42 Å². The van der Waals surface area contributed by atoms with Gasteiger partial charge < -0.3 is 10.7 Å². The van der Waals surface area contributed by atoms with E-state index in [2.05, 4.69) is 4.98 Å². The van der Waals surface area contributed by atoms with Crippen LogP contribution in [0.25, 0.3) is 10.9 Å². The smallest absolute Gasteiger partial charge is 0.214 e. The zero-order valence-corrected chi connectivity index (χ0v) is 9.42. The van der Waals surface area contributed by atoms with Crippen LogP contribution in [0.15, 0.2) is 24.4 Å². The number of hydrogen-bond donors (Lipinski definition) is 2. The molecule has 3 N–H and O–H groups in total. The third kappa shape index (κ3) is 2.15. The van der Waals surface area contributed by atoms with Gasteiger partial charge in [-0.05, 0) is 36.2 Å². The lowest BCUT2D eigenvalue weighted by molar-refractivity contribution is 0.627. The molecule has 84 valence electrons. The number of aromatic nitrogens is 1. The third-order valence-electron chi connectivity index (χ3n) is 2.44. The average molecular weight is 236 g/mol. The molecule has 16 heavy (non-hydrogen) atoms. The molecule has 4 nitrogen and oxygen atoms in total. The molecule has 0 fully saturated rings. The first-order valence-electron chi connectivity index (χ1n) is 4.93. The van der Waals surface area contributed by atoms with Crippen molar-refractivity contribution in [1.29, 1.82) is 0 Å². The molecule has 1 aromatic heterocycles. The van der Waals surface area contributed by atoms with Crippen molar-refractivity contribution in [2.24, 2.45) is 5.73 Å². The Labute approximate surface area is 94.6 Å². The monoisotopic (exact) mass is 236 g/mol. The lowest BCUT2D eigenvalue weighted by Crippen LogP contribution is -2.01. The van der Waals surface area contributed by atoms with E-state index in [9.17, 15) is 8.42 Å². The average Bonchev–Trinajstić information content (AvgIpc) is 2.61. The first-order valence-corrected chi connectivity index (χ1v) is 6.07. The number of aromatic amines is 1. The number of nitrogens with two attached hydrogens (primary N) is 1. The molecule has 0 spiro atoms. The van der Waals surface area contributed by atoms with Gasteiger partial charge in [0, 0.05) is 17.1 Å². The second kappa shape index (κ2) is 4.51. The Balaban J connectivity index is 2.58. The normalized spacial score (nSPS) is 10.6. The summed E-state index contributed by atoms with van der Waals surface area (Å²) in [4.78, 5) is 3.13. The minimum atomic E-state index is -2.17. The predicted octanol–water partition coefficient (Wildman–Crippen LogP) is 0.698. The van der Waals surface area contributed by atoms with Crippen molar-refractivity contribution in [2.45, 2.75) is 6.42 Å². The van der Waals surface area contributed by atoms with Gasteiger partial charge in [-0.3, -0.25) is 0 Å². The molecule has 0 saturated heterocycles. The molecular formula is C11H12N2O2S. The summed E-state index contributed by atoms with van der Waals surface area (Å²) in [7, 11) is -2.17. The number of hydrogen-bond acceptors (Lipinski definition) is 3.